The van der Waals surface area contributed by atoms with E-state index in [-0.39, 0.29) is 6.10 Å². The Morgan fingerprint density at radius 1 is 1.18 bits per heavy atom. The average molecular weight is 336 g/mol. The van der Waals surface area contributed by atoms with Crippen LogP contribution in [0.1, 0.15) is 37.4 Å². The van der Waals surface area contributed by atoms with Gasteiger partial charge in [-0.3, -0.25) is 0 Å². The number of nitrogens with zero attached hydrogens (tertiary/aromatic N) is 2. The Kier molecular flexibility index (Phi) is 4.86. The normalized spacial score (nSPS) is 29.9. The Morgan fingerprint density at radius 2 is 1.73 bits per heavy atom. The number of likely N-dealkylation sites (N-methyl/N-ethyl adjacent to an activating group) is 2. The third-order valence-electron chi connectivity index (χ3n) is 5.04. The summed E-state index contributed by atoms with van der Waals surface area (Å²) in [5.41, 5.74) is 1.12. The summed E-state index contributed by atoms with van der Waals surface area (Å²) in [7, 11) is 4.30. The van der Waals surface area contributed by atoms with E-state index in [2.05, 4.69) is 42.1 Å². The lowest BCUT2D eigenvalue weighted by atomic mass is 9.91. The van der Waals surface area contributed by atoms with Crippen LogP contribution < -0.4 is 0 Å². The second kappa shape index (κ2) is 6.54. The zero-order chi connectivity index (χ0) is 15.7. The van der Waals surface area contributed by atoms with Gasteiger partial charge >= 0.3 is 0 Å². The van der Waals surface area contributed by atoms with Crippen LogP contribution in [0.4, 0.5) is 0 Å². The summed E-state index contributed by atoms with van der Waals surface area (Å²) in [6, 6.07) is 11.3. The predicted octanol–water partition coefficient (Wildman–Crippen LogP) is 4.34. The van der Waals surface area contributed by atoms with Crippen molar-refractivity contribution in [2.75, 3.05) is 14.1 Å². The van der Waals surface area contributed by atoms with Gasteiger partial charge in [0.1, 0.15) is 6.10 Å². The van der Waals surface area contributed by atoms with E-state index in [0.717, 1.165) is 5.56 Å². The van der Waals surface area contributed by atoms with Crippen LogP contribution in [0.25, 0.3) is 0 Å². The SMILES string of the molecule is C=C[C@@H](OP1(=S)N(C)[C@@H]2CCCC[C@H]2N1C)c1ccccc1. The topological polar surface area (TPSA) is 15.7 Å². The maximum absolute atomic E-state index is 6.51. The van der Waals surface area contributed by atoms with Crippen molar-refractivity contribution in [1.82, 2.24) is 9.34 Å². The van der Waals surface area contributed by atoms with Gasteiger partial charge in [0.2, 0.25) is 6.57 Å². The van der Waals surface area contributed by atoms with E-state index in [1.807, 2.05) is 24.3 Å². The fourth-order valence-corrected chi connectivity index (χ4v) is 7.28. The molecule has 1 aliphatic carbocycles. The Labute approximate surface area is 139 Å². The first-order valence-corrected chi connectivity index (χ1v) is 10.6. The molecule has 3 nitrogen and oxygen atoms in total. The highest BCUT2D eigenvalue weighted by molar-refractivity contribution is 8.10. The van der Waals surface area contributed by atoms with E-state index >= 15 is 0 Å². The molecule has 0 N–H and O–H groups in total. The van der Waals surface area contributed by atoms with Gasteiger partial charge in [-0.25, -0.2) is 9.34 Å². The van der Waals surface area contributed by atoms with E-state index in [9.17, 15) is 0 Å². The van der Waals surface area contributed by atoms with Gasteiger partial charge in [-0.1, -0.05) is 49.2 Å². The summed E-state index contributed by atoms with van der Waals surface area (Å²) >= 11 is 6.06. The number of fused-ring (bicyclic) bond motifs is 1. The highest BCUT2D eigenvalue weighted by Gasteiger charge is 2.50. The van der Waals surface area contributed by atoms with Gasteiger partial charge in [-0.15, -0.1) is 6.58 Å². The monoisotopic (exact) mass is 336 g/mol. The minimum Gasteiger partial charge on any atom is -0.314 e. The molecule has 1 heterocycles. The largest absolute Gasteiger partial charge is 0.314 e. The predicted molar refractivity (Wildman–Crippen MR) is 96.3 cm³/mol. The number of rotatable bonds is 4. The van der Waals surface area contributed by atoms with E-state index in [4.69, 9.17) is 16.3 Å². The fraction of sp³-hybridized carbons (Fsp3) is 0.529. The summed E-state index contributed by atoms with van der Waals surface area (Å²) in [4.78, 5) is 0. The molecule has 0 bridgehead atoms. The van der Waals surface area contributed by atoms with Crippen LogP contribution >= 0.6 is 6.57 Å². The Morgan fingerprint density at radius 3 is 2.23 bits per heavy atom. The molecule has 0 unspecified atom stereocenters. The van der Waals surface area contributed by atoms with Gasteiger partial charge in [-0.2, -0.15) is 0 Å². The molecule has 1 aromatic rings. The van der Waals surface area contributed by atoms with E-state index in [1.165, 1.54) is 25.7 Å². The first-order chi connectivity index (χ1) is 10.6. The third-order valence-corrected chi connectivity index (χ3v) is 9.54. The molecule has 1 saturated heterocycles. The number of hydrogen-bond acceptors (Lipinski definition) is 2. The number of benzene rings is 1. The molecule has 3 atom stereocenters. The Bertz CT molecular complexity index is 557. The second-order valence-corrected chi connectivity index (χ2v) is 10.1. The lowest BCUT2D eigenvalue weighted by Crippen LogP contribution is -2.37. The number of hydrogen-bond donors (Lipinski definition) is 0. The molecular formula is C17H25N2OPS. The molecule has 120 valence electrons. The van der Waals surface area contributed by atoms with Crippen molar-refractivity contribution in [3.8, 4) is 0 Å². The Hall–Kier alpha value is -0.510. The van der Waals surface area contributed by atoms with E-state index in [1.54, 1.807) is 0 Å². The summed E-state index contributed by atoms with van der Waals surface area (Å²) in [5, 5.41) is 0. The molecule has 0 radical (unpaired) electrons. The molecule has 1 aromatic carbocycles. The second-order valence-electron chi connectivity index (χ2n) is 6.23. The Balaban J connectivity index is 1.86. The zero-order valence-electron chi connectivity index (χ0n) is 13.4. The van der Waals surface area contributed by atoms with Crippen molar-refractivity contribution >= 4 is 18.4 Å². The molecule has 0 aromatic heterocycles. The highest BCUT2D eigenvalue weighted by atomic mass is 32.5. The van der Waals surface area contributed by atoms with E-state index < -0.39 is 6.57 Å². The highest BCUT2D eigenvalue weighted by Crippen LogP contribution is 2.64. The van der Waals surface area contributed by atoms with Gasteiger partial charge in [0.15, 0.2) is 0 Å². The molecule has 1 saturated carbocycles. The standard InChI is InChI=1S/C17H25N2OPS/c1-4-17(14-10-6-5-7-11-14)20-21(22)18(2)15-12-8-9-13-16(15)19(21)3/h4-7,10-11,15-17H,1,8-9,12-13H2,2-3H3/t15-,16-,17-/m1/s1. The first kappa shape index (κ1) is 16.4. The molecule has 2 fully saturated rings. The fourth-order valence-electron chi connectivity index (χ4n) is 3.74. The van der Waals surface area contributed by atoms with Gasteiger partial charge in [0.25, 0.3) is 0 Å². The lowest BCUT2D eigenvalue weighted by Gasteiger charge is -2.33. The summed E-state index contributed by atoms with van der Waals surface area (Å²) < 4.78 is 11.2. The zero-order valence-corrected chi connectivity index (χ0v) is 15.1. The van der Waals surface area contributed by atoms with Crippen LogP contribution in [-0.2, 0) is 16.3 Å². The van der Waals surface area contributed by atoms with Gasteiger partial charge in [0.05, 0.1) is 0 Å². The third kappa shape index (κ3) is 2.72. The van der Waals surface area contributed by atoms with E-state index in [0.29, 0.717) is 12.1 Å². The summed E-state index contributed by atoms with van der Waals surface area (Å²) in [6.45, 7) is 1.79. The molecule has 2 aliphatic rings. The molecule has 3 rings (SSSR count). The molecular weight excluding hydrogens is 311 g/mol. The lowest BCUT2D eigenvalue weighted by molar-refractivity contribution is 0.233. The molecule has 0 amide bonds. The van der Waals surface area contributed by atoms with Crippen molar-refractivity contribution in [2.45, 2.75) is 43.9 Å². The van der Waals surface area contributed by atoms with Crippen LogP contribution in [0.2, 0.25) is 0 Å². The summed E-state index contributed by atoms with van der Waals surface area (Å²) in [5.74, 6) is 0. The van der Waals surface area contributed by atoms with Crippen molar-refractivity contribution in [3.05, 3.63) is 48.6 Å². The minimum absolute atomic E-state index is 0.142. The smallest absolute Gasteiger partial charge is 0.204 e. The van der Waals surface area contributed by atoms with Gasteiger partial charge in [-0.05, 0) is 44.3 Å². The quantitative estimate of drug-likeness (QED) is 0.600. The maximum atomic E-state index is 6.51. The first-order valence-electron chi connectivity index (χ1n) is 8.00. The summed E-state index contributed by atoms with van der Waals surface area (Å²) in [6.07, 6.45) is 6.80. The molecule has 0 spiro atoms. The van der Waals surface area contributed by atoms with Gasteiger partial charge < -0.3 is 4.52 Å². The molecule has 5 heteroatoms. The van der Waals surface area contributed by atoms with Crippen molar-refractivity contribution in [3.63, 3.8) is 0 Å². The van der Waals surface area contributed by atoms with Crippen LogP contribution in [0, 0.1) is 0 Å². The van der Waals surface area contributed by atoms with Gasteiger partial charge in [0, 0.05) is 12.1 Å². The average Bonchev–Trinajstić information content (AvgIpc) is 2.76. The maximum Gasteiger partial charge on any atom is 0.204 e. The molecule has 22 heavy (non-hydrogen) atoms. The van der Waals surface area contributed by atoms with Crippen molar-refractivity contribution in [1.29, 1.82) is 0 Å². The van der Waals surface area contributed by atoms with Crippen LogP contribution in [-0.4, -0.2) is 35.5 Å². The minimum atomic E-state index is -2.17. The van der Waals surface area contributed by atoms with Crippen LogP contribution in [0.5, 0.6) is 0 Å². The van der Waals surface area contributed by atoms with Crippen molar-refractivity contribution in [2.24, 2.45) is 0 Å². The van der Waals surface area contributed by atoms with Crippen LogP contribution in [0.3, 0.4) is 0 Å². The molecule has 1 aliphatic heterocycles. The van der Waals surface area contributed by atoms with Crippen molar-refractivity contribution < 1.29 is 4.52 Å². The van der Waals surface area contributed by atoms with Crippen LogP contribution in [0.15, 0.2) is 43.0 Å².